The molecule has 110 valence electrons. The minimum absolute atomic E-state index is 0.444. The average molecular weight is 302 g/mol. The second kappa shape index (κ2) is 8.71. The standard InChI is InChI=1S/C9H11NO2.C7H7NS/c1-7-4-3-5-8(6-7)12-9(11)10-2;8-7(9)6-4-2-1-3-5-6/h3-6H,1-2H3,(H,10,11);1-5H,(H2,8,9). The number of carbonyl (C=O) groups excluding carboxylic acids is 1. The number of nitrogens with two attached hydrogens (primary N) is 1. The van der Waals surface area contributed by atoms with Crippen LogP contribution in [0.3, 0.4) is 0 Å². The van der Waals surface area contributed by atoms with Crippen LogP contribution in [0.25, 0.3) is 0 Å². The van der Waals surface area contributed by atoms with Gasteiger partial charge in [-0.15, -0.1) is 0 Å². The Morgan fingerprint density at radius 2 is 1.81 bits per heavy atom. The molecule has 0 saturated carbocycles. The molecule has 0 bridgehead atoms. The molecule has 4 nitrogen and oxygen atoms in total. The quantitative estimate of drug-likeness (QED) is 0.837. The molecule has 0 aromatic heterocycles. The third kappa shape index (κ3) is 6.54. The molecule has 0 spiro atoms. The molecule has 2 rings (SSSR count). The number of nitrogens with one attached hydrogen (secondary N) is 1. The van der Waals surface area contributed by atoms with Crippen molar-refractivity contribution in [2.75, 3.05) is 7.05 Å². The van der Waals surface area contributed by atoms with Crippen molar-refractivity contribution in [1.29, 1.82) is 0 Å². The van der Waals surface area contributed by atoms with Gasteiger partial charge in [0.1, 0.15) is 10.7 Å². The zero-order chi connectivity index (χ0) is 15.7. The lowest BCUT2D eigenvalue weighted by atomic mass is 10.2. The van der Waals surface area contributed by atoms with E-state index in [-0.39, 0.29) is 0 Å². The highest BCUT2D eigenvalue weighted by Gasteiger charge is 1.99. The predicted octanol–water partition coefficient (Wildman–Crippen LogP) is 3.03. The summed E-state index contributed by atoms with van der Waals surface area (Å²) in [6.07, 6.45) is -0.444. The third-order valence-electron chi connectivity index (χ3n) is 2.46. The van der Waals surface area contributed by atoms with Crippen molar-refractivity contribution < 1.29 is 9.53 Å². The van der Waals surface area contributed by atoms with E-state index in [1.807, 2.05) is 49.4 Å². The van der Waals surface area contributed by atoms with Gasteiger partial charge in [-0.2, -0.15) is 0 Å². The number of thiocarbonyl (C=S) groups is 1. The summed E-state index contributed by atoms with van der Waals surface area (Å²) >= 11 is 4.74. The first-order chi connectivity index (χ1) is 10.0. The van der Waals surface area contributed by atoms with Gasteiger partial charge in [0.2, 0.25) is 0 Å². The largest absolute Gasteiger partial charge is 0.412 e. The van der Waals surface area contributed by atoms with Crippen LogP contribution in [0, 0.1) is 6.92 Å². The molecule has 3 N–H and O–H groups in total. The fourth-order valence-corrected chi connectivity index (χ4v) is 1.58. The highest BCUT2D eigenvalue weighted by atomic mass is 32.1. The summed E-state index contributed by atoms with van der Waals surface area (Å²) in [6, 6.07) is 16.9. The van der Waals surface area contributed by atoms with Crippen LogP contribution in [0.2, 0.25) is 0 Å². The lowest BCUT2D eigenvalue weighted by Crippen LogP contribution is -2.21. The Kier molecular flexibility index (Phi) is 6.91. The van der Waals surface area contributed by atoms with Crippen LogP contribution in [0.5, 0.6) is 5.75 Å². The molecule has 0 heterocycles. The first-order valence-corrected chi connectivity index (χ1v) is 6.75. The van der Waals surface area contributed by atoms with Gasteiger partial charge >= 0.3 is 6.09 Å². The highest BCUT2D eigenvalue weighted by molar-refractivity contribution is 7.80. The second-order valence-electron chi connectivity index (χ2n) is 4.19. The van der Waals surface area contributed by atoms with Crippen molar-refractivity contribution >= 4 is 23.3 Å². The molecule has 0 aliphatic rings. The maximum Gasteiger partial charge on any atom is 0.412 e. The van der Waals surface area contributed by atoms with Crippen LogP contribution in [-0.4, -0.2) is 18.1 Å². The van der Waals surface area contributed by atoms with E-state index in [9.17, 15) is 4.79 Å². The zero-order valence-electron chi connectivity index (χ0n) is 12.0. The van der Waals surface area contributed by atoms with Crippen molar-refractivity contribution in [2.24, 2.45) is 5.73 Å². The number of aryl methyl sites for hydroxylation is 1. The number of rotatable bonds is 2. The maximum absolute atomic E-state index is 10.8. The van der Waals surface area contributed by atoms with Crippen molar-refractivity contribution in [1.82, 2.24) is 5.32 Å². The first kappa shape index (κ1) is 16.7. The molecular formula is C16H18N2O2S. The van der Waals surface area contributed by atoms with Gasteiger partial charge in [-0.3, -0.25) is 0 Å². The fourth-order valence-electron chi connectivity index (χ4n) is 1.44. The van der Waals surface area contributed by atoms with Crippen molar-refractivity contribution in [3.63, 3.8) is 0 Å². The van der Waals surface area contributed by atoms with E-state index in [1.54, 1.807) is 12.1 Å². The highest BCUT2D eigenvalue weighted by Crippen LogP contribution is 2.11. The van der Waals surface area contributed by atoms with Gasteiger partial charge in [0.15, 0.2) is 0 Å². The Hall–Kier alpha value is -2.40. The lowest BCUT2D eigenvalue weighted by Gasteiger charge is -2.02. The Balaban J connectivity index is 0.000000219. The van der Waals surface area contributed by atoms with Crippen molar-refractivity contribution in [3.8, 4) is 5.75 Å². The number of ether oxygens (including phenoxy) is 1. The number of hydrogen-bond donors (Lipinski definition) is 2. The Morgan fingerprint density at radius 1 is 1.14 bits per heavy atom. The van der Waals surface area contributed by atoms with Crippen LogP contribution in [-0.2, 0) is 0 Å². The molecule has 0 unspecified atom stereocenters. The summed E-state index contributed by atoms with van der Waals surface area (Å²) < 4.78 is 4.89. The molecule has 0 atom stereocenters. The number of benzene rings is 2. The van der Waals surface area contributed by atoms with E-state index in [2.05, 4.69) is 5.32 Å². The zero-order valence-corrected chi connectivity index (χ0v) is 12.8. The van der Waals surface area contributed by atoms with Gasteiger partial charge in [0, 0.05) is 12.6 Å². The molecule has 1 amide bonds. The molecule has 0 radical (unpaired) electrons. The molecule has 0 aliphatic heterocycles. The summed E-state index contributed by atoms with van der Waals surface area (Å²) in [5.74, 6) is 0.564. The van der Waals surface area contributed by atoms with Crippen LogP contribution in [0.1, 0.15) is 11.1 Å². The number of carbonyl (C=O) groups is 1. The van der Waals surface area contributed by atoms with Crippen LogP contribution in [0.15, 0.2) is 54.6 Å². The molecule has 2 aromatic carbocycles. The topological polar surface area (TPSA) is 64.3 Å². The van der Waals surface area contributed by atoms with Crippen molar-refractivity contribution in [2.45, 2.75) is 6.92 Å². The van der Waals surface area contributed by atoms with E-state index in [0.717, 1.165) is 11.1 Å². The van der Waals surface area contributed by atoms with E-state index in [1.165, 1.54) is 7.05 Å². The maximum atomic E-state index is 10.8. The Labute approximate surface area is 129 Å². The van der Waals surface area contributed by atoms with Gasteiger partial charge in [-0.05, 0) is 24.6 Å². The van der Waals surface area contributed by atoms with E-state index >= 15 is 0 Å². The number of hydrogen-bond acceptors (Lipinski definition) is 3. The Bertz CT molecular complexity index is 600. The normalized spacial score (nSPS) is 9.05. The molecule has 2 aromatic rings. The van der Waals surface area contributed by atoms with Gasteiger partial charge in [0.05, 0.1) is 0 Å². The summed E-state index contributed by atoms with van der Waals surface area (Å²) in [4.78, 5) is 11.2. The monoisotopic (exact) mass is 302 g/mol. The van der Waals surface area contributed by atoms with Gasteiger partial charge in [-0.25, -0.2) is 4.79 Å². The van der Waals surface area contributed by atoms with Gasteiger partial charge in [-0.1, -0.05) is 54.7 Å². The molecule has 21 heavy (non-hydrogen) atoms. The third-order valence-corrected chi connectivity index (χ3v) is 2.70. The van der Waals surface area contributed by atoms with E-state index in [0.29, 0.717) is 10.7 Å². The molecule has 0 fully saturated rings. The molecular weight excluding hydrogens is 284 g/mol. The minimum Gasteiger partial charge on any atom is -0.410 e. The van der Waals surface area contributed by atoms with Gasteiger partial charge < -0.3 is 15.8 Å². The number of amides is 1. The van der Waals surface area contributed by atoms with Gasteiger partial charge in [0.25, 0.3) is 0 Å². The summed E-state index contributed by atoms with van der Waals surface area (Å²) in [5, 5.41) is 2.37. The SMILES string of the molecule is CNC(=O)Oc1cccc(C)c1.NC(=S)c1ccccc1. The lowest BCUT2D eigenvalue weighted by molar-refractivity contribution is 0.203. The Morgan fingerprint density at radius 3 is 2.29 bits per heavy atom. The molecule has 0 saturated heterocycles. The summed E-state index contributed by atoms with van der Waals surface area (Å²) in [5.41, 5.74) is 7.33. The average Bonchev–Trinajstić information content (AvgIpc) is 2.48. The van der Waals surface area contributed by atoms with E-state index < -0.39 is 6.09 Å². The summed E-state index contributed by atoms with van der Waals surface area (Å²) in [7, 11) is 1.53. The smallest absolute Gasteiger partial charge is 0.410 e. The van der Waals surface area contributed by atoms with Crippen LogP contribution in [0.4, 0.5) is 4.79 Å². The second-order valence-corrected chi connectivity index (χ2v) is 4.63. The molecule has 5 heteroatoms. The fraction of sp³-hybridized carbons (Fsp3) is 0.125. The van der Waals surface area contributed by atoms with Crippen LogP contribution >= 0.6 is 12.2 Å². The first-order valence-electron chi connectivity index (χ1n) is 6.34. The molecule has 0 aliphatic carbocycles. The summed E-state index contributed by atoms with van der Waals surface area (Å²) in [6.45, 7) is 1.94. The van der Waals surface area contributed by atoms with Crippen LogP contribution < -0.4 is 15.8 Å². The van der Waals surface area contributed by atoms with E-state index in [4.69, 9.17) is 22.7 Å². The minimum atomic E-state index is -0.444. The predicted molar refractivity (Wildman–Crippen MR) is 88.6 cm³/mol. The van der Waals surface area contributed by atoms with Crippen molar-refractivity contribution in [3.05, 3.63) is 65.7 Å².